The molecular formula is C16H23F3N2O2. The number of hydrogen-bond donors (Lipinski definition) is 2. The summed E-state index contributed by atoms with van der Waals surface area (Å²) in [5, 5.41) is 5.67. The van der Waals surface area contributed by atoms with Gasteiger partial charge in [0.05, 0.1) is 5.56 Å². The first-order valence-corrected chi connectivity index (χ1v) is 7.34. The van der Waals surface area contributed by atoms with Crippen molar-refractivity contribution >= 4 is 6.09 Å². The van der Waals surface area contributed by atoms with Crippen LogP contribution in [0, 0.1) is 0 Å². The third-order valence-electron chi connectivity index (χ3n) is 2.86. The molecule has 23 heavy (non-hydrogen) atoms. The fourth-order valence-electron chi connectivity index (χ4n) is 1.77. The van der Waals surface area contributed by atoms with Crippen molar-refractivity contribution in [3.05, 3.63) is 35.4 Å². The second-order valence-corrected chi connectivity index (χ2v) is 6.36. The Morgan fingerprint density at radius 3 is 2.48 bits per heavy atom. The number of carbonyl (C=O) groups excluding carboxylic acids is 1. The lowest BCUT2D eigenvalue weighted by Crippen LogP contribution is -2.41. The minimum atomic E-state index is -4.35. The molecule has 0 fully saturated rings. The SMILES string of the molecule is CC(CNC(=O)OC(C)(C)C)NCc1cccc(C(F)(F)F)c1. The van der Waals surface area contributed by atoms with Gasteiger partial charge in [-0.2, -0.15) is 13.2 Å². The maximum absolute atomic E-state index is 12.6. The van der Waals surface area contributed by atoms with Crippen LogP contribution in [0.3, 0.4) is 0 Å². The highest BCUT2D eigenvalue weighted by molar-refractivity contribution is 5.67. The fourth-order valence-corrected chi connectivity index (χ4v) is 1.77. The van der Waals surface area contributed by atoms with Gasteiger partial charge in [0.2, 0.25) is 0 Å². The average Bonchev–Trinajstić information content (AvgIpc) is 2.40. The van der Waals surface area contributed by atoms with Gasteiger partial charge in [0.1, 0.15) is 5.60 Å². The Hall–Kier alpha value is -1.76. The van der Waals surface area contributed by atoms with Gasteiger partial charge in [0, 0.05) is 19.1 Å². The summed E-state index contributed by atoms with van der Waals surface area (Å²) in [4.78, 5) is 11.5. The molecule has 0 saturated carbocycles. The van der Waals surface area contributed by atoms with Crippen molar-refractivity contribution in [2.75, 3.05) is 6.54 Å². The Morgan fingerprint density at radius 2 is 1.91 bits per heavy atom. The number of amides is 1. The molecule has 1 atom stereocenters. The summed E-state index contributed by atoms with van der Waals surface area (Å²) in [6.07, 6.45) is -4.87. The number of hydrogen-bond acceptors (Lipinski definition) is 3. The summed E-state index contributed by atoms with van der Waals surface area (Å²) in [5.74, 6) is 0. The molecule has 0 aliphatic heterocycles. The van der Waals surface area contributed by atoms with E-state index < -0.39 is 23.4 Å². The fraction of sp³-hybridized carbons (Fsp3) is 0.562. The van der Waals surface area contributed by atoms with Crippen molar-refractivity contribution in [3.63, 3.8) is 0 Å². The van der Waals surface area contributed by atoms with Crippen LogP contribution in [0.2, 0.25) is 0 Å². The van der Waals surface area contributed by atoms with Gasteiger partial charge in [0.25, 0.3) is 0 Å². The molecule has 0 spiro atoms. The van der Waals surface area contributed by atoms with Crippen molar-refractivity contribution in [3.8, 4) is 0 Å². The zero-order valence-corrected chi connectivity index (χ0v) is 13.8. The minimum Gasteiger partial charge on any atom is -0.444 e. The Labute approximate surface area is 134 Å². The van der Waals surface area contributed by atoms with Gasteiger partial charge < -0.3 is 15.4 Å². The quantitative estimate of drug-likeness (QED) is 0.864. The molecule has 0 aliphatic carbocycles. The highest BCUT2D eigenvalue weighted by atomic mass is 19.4. The Kier molecular flexibility index (Phi) is 6.44. The highest BCUT2D eigenvalue weighted by Gasteiger charge is 2.30. The maximum Gasteiger partial charge on any atom is 0.416 e. The number of alkyl carbamates (subject to hydrolysis) is 1. The molecule has 1 aromatic rings. The number of alkyl halides is 3. The molecule has 1 amide bonds. The number of rotatable bonds is 5. The minimum absolute atomic E-state index is 0.114. The van der Waals surface area contributed by atoms with Crippen LogP contribution in [0.15, 0.2) is 24.3 Å². The molecule has 2 N–H and O–H groups in total. The summed E-state index contributed by atoms with van der Waals surface area (Å²) in [6, 6.07) is 5.04. The number of nitrogens with one attached hydrogen (secondary N) is 2. The third-order valence-corrected chi connectivity index (χ3v) is 2.86. The number of halogens is 3. The monoisotopic (exact) mass is 332 g/mol. The van der Waals surface area contributed by atoms with Crippen molar-refractivity contribution in [1.29, 1.82) is 0 Å². The lowest BCUT2D eigenvalue weighted by atomic mass is 10.1. The number of carbonyl (C=O) groups is 1. The van der Waals surface area contributed by atoms with Crippen LogP contribution in [-0.2, 0) is 17.5 Å². The molecule has 0 saturated heterocycles. The standard InChI is InChI=1S/C16H23F3N2O2/c1-11(9-21-14(22)23-15(2,3)4)20-10-12-6-5-7-13(8-12)16(17,18)19/h5-8,11,20H,9-10H2,1-4H3,(H,21,22). The topological polar surface area (TPSA) is 50.4 Å². The van der Waals surface area contributed by atoms with E-state index in [9.17, 15) is 18.0 Å². The summed E-state index contributed by atoms with van der Waals surface area (Å²) in [5.41, 5.74) is -0.709. The predicted molar refractivity (Wildman–Crippen MR) is 82.0 cm³/mol. The van der Waals surface area contributed by atoms with Crippen LogP contribution in [0.5, 0.6) is 0 Å². The molecule has 0 radical (unpaired) electrons. The first-order chi connectivity index (χ1) is 10.5. The molecule has 0 bridgehead atoms. The molecule has 4 nitrogen and oxygen atoms in total. The van der Waals surface area contributed by atoms with Crippen LogP contribution in [-0.4, -0.2) is 24.3 Å². The Balaban J connectivity index is 2.42. The van der Waals surface area contributed by atoms with Crippen molar-refractivity contribution < 1.29 is 22.7 Å². The lowest BCUT2D eigenvalue weighted by molar-refractivity contribution is -0.137. The van der Waals surface area contributed by atoms with E-state index in [1.54, 1.807) is 26.8 Å². The first kappa shape index (κ1) is 19.3. The molecule has 1 unspecified atom stereocenters. The summed E-state index contributed by atoms with van der Waals surface area (Å²) in [6.45, 7) is 7.71. The van der Waals surface area contributed by atoms with E-state index in [0.717, 1.165) is 12.1 Å². The van der Waals surface area contributed by atoms with E-state index in [0.29, 0.717) is 12.1 Å². The Bertz CT molecular complexity index is 525. The lowest BCUT2D eigenvalue weighted by Gasteiger charge is -2.21. The molecular weight excluding hydrogens is 309 g/mol. The van der Waals surface area contributed by atoms with Crippen molar-refractivity contribution in [1.82, 2.24) is 10.6 Å². The van der Waals surface area contributed by atoms with Crippen LogP contribution in [0.25, 0.3) is 0 Å². The van der Waals surface area contributed by atoms with E-state index in [1.807, 2.05) is 6.92 Å². The summed E-state index contributed by atoms with van der Waals surface area (Å²) >= 11 is 0. The normalized spacial score (nSPS) is 13.5. The van der Waals surface area contributed by atoms with Crippen LogP contribution < -0.4 is 10.6 Å². The van der Waals surface area contributed by atoms with Gasteiger partial charge in [0.15, 0.2) is 0 Å². The first-order valence-electron chi connectivity index (χ1n) is 7.34. The largest absolute Gasteiger partial charge is 0.444 e. The van der Waals surface area contributed by atoms with E-state index in [-0.39, 0.29) is 12.6 Å². The van der Waals surface area contributed by atoms with Gasteiger partial charge >= 0.3 is 12.3 Å². The van der Waals surface area contributed by atoms with E-state index >= 15 is 0 Å². The van der Waals surface area contributed by atoms with Gasteiger partial charge in [-0.15, -0.1) is 0 Å². The maximum atomic E-state index is 12.6. The smallest absolute Gasteiger partial charge is 0.416 e. The van der Waals surface area contributed by atoms with E-state index in [1.165, 1.54) is 6.07 Å². The second kappa shape index (κ2) is 7.68. The van der Waals surface area contributed by atoms with Crippen molar-refractivity contribution in [2.24, 2.45) is 0 Å². The third kappa shape index (κ3) is 7.88. The molecule has 0 aromatic heterocycles. The zero-order valence-electron chi connectivity index (χ0n) is 13.8. The number of benzene rings is 1. The van der Waals surface area contributed by atoms with Gasteiger partial charge in [-0.25, -0.2) is 4.79 Å². The van der Waals surface area contributed by atoms with Gasteiger partial charge in [-0.3, -0.25) is 0 Å². The van der Waals surface area contributed by atoms with E-state index in [2.05, 4.69) is 10.6 Å². The number of ether oxygens (including phenoxy) is 1. The zero-order chi connectivity index (χ0) is 17.7. The molecule has 0 heterocycles. The van der Waals surface area contributed by atoms with Gasteiger partial charge in [-0.1, -0.05) is 18.2 Å². The van der Waals surface area contributed by atoms with Gasteiger partial charge in [-0.05, 0) is 39.3 Å². The Morgan fingerprint density at radius 1 is 1.26 bits per heavy atom. The highest BCUT2D eigenvalue weighted by Crippen LogP contribution is 2.29. The average molecular weight is 332 g/mol. The molecule has 1 aromatic carbocycles. The molecule has 130 valence electrons. The van der Waals surface area contributed by atoms with Crippen molar-refractivity contribution in [2.45, 2.75) is 52.1 Å². The second-order valence-electron chi connectivity index (χ2n) is 6.36. The molecule has 7 heteroatoms. The molecule has 1 rings (SSSR count). The van der Waals surface area contributed by atoms with Crippen LogP contribution in [0.4, 0.5) is 18.0 Å². The summed E-state index contributed by atoms with van der Waals surface area (Å²) in [7, 11) is 0. The van der Waals surface area contributed by atoms with Crippen LogP contribution >= 0.6 is 0 Å². The summed E-state index contributed by atoms with van der Waals surface area (Å²) < 4.78 is 43.0. The predicted octanol–water partition coefficient (Wildman–Crippen LogP) is 3.71. The molecule has 0 aliphatic rings. The van der Waals surface area contributed by atoms with Crippen LogP contribution in [0.1, 0.15) is 38.8 Å². The van der Waals surface area contributed by atoms with E-state index in [4.69, 9.17) is 4.74 Å².